The van der Waals surface area contributed by atoms with Crippen molar-refractivity contribution in [2.24, 2.45) is 0 Å². The number of halogens is 2. The van der Waals surface area contributed by atoms with Gasteiger partial charge in [0.25, 0.3) is 5.56 Å². The smallest absolute Gasteiger partial charge is 0.258 e. The third kappa shape index (κ3) is 2.16. The Labute approximate surface area is 90.6 Å². The van der Waals surface area contributed by atoms with Crippen molar-refractivity contribution in [3.05, 3.63) is 69.6 Å². The van der Waals surface area contributed by atoms with Crippen LogP contribution in [-0.2, 0) is 6.42 Å². The summed E-state index contributed by atoms with van der Waals surface area (Å²) in [5, 5.41) is 0. The molecule has 0 amide bonds. The summed E-state index contributed by atoms with van der Waals surface area (Å²) in [5.74, 6) is -2.29. The molecule has 1 aromatic carbocycles. The number of rotatable bonds is 2. The van der Waals surface area contributed by atoms with Crippen LogP contribution in [-0.4, -0.2) is 4.98 Å². The first-order chi connectivity index (χ1) is 7.66. The van der Waals surface area contributed by atoms with Crippen molar-refractivity contribution in [2.75, 3.05) is 0 Å². The van der Waals surface area contributed by atoms with E-state index in [1.165, 1.54) is 0 Å². The van der Waals surface area contributed by atoms with Crippen molar-refractivity contribution in [2.45, 2.75) is 6.42 Å². The molecule has 0 unspecified atom stereocenters. The third-order valence-corrected chi connectivity index (χ3v) is 2.17. The molecule has 4 heteroatoms. The second kappa shape index (κ2) is 4.26. The third-order valence-electron chi connectivity index (χ3n) is 2.17. The molecule has 1 aromatic heterocycles. The number of aromatic nitrogens is 1. The van der Waals surface area contributed by atoms with E-state index in [9.17, 15) is 13.6 Å². The van der Waals surface area contributed by atoms with E-state index < -0.39 is 17.3 Å². The van der Waals surface area contributed by atoms with Crippen LogP contribution in [0.25, 0.3) is 0 Å². The topological polar surface area (TPSA) is 32.9 Å². The van der Waals surface area contributed by atoms with Gasteiger partial charge < -0.3 is 0 Å². The molecule has 2 aromatic rings. The summed E-state index contributed by atoms with van der Waals surface area (Å²) in [4.78, 5) is 12.6. The number of aromatic amines is 1. The van der Waals surface area contributed by atoms with Gasteiger partial charge in [-0.3, -0.25) is 9.78 Å². The van der Waals surface area contributed by atoms with Gasteiger partial charge in [-0.15, -0.1) is 0 Å². The van der Waals surface area contributed by atoms with Crippen molar-refractivity contribution in [3.63, 3.8) is 0 Å². The SMILES string of the molecule is O=c1[c]c(Cc2ccccc2)c(F)c(F)[nH]1. The van der Waals surface area contributed by atoms with Gasteiger partial charge in [-0.2, -0.15) is 4.39 Å². The fourth-order valence-electron chi connectivity index (χ4n) is 1.43. The monoisotopic (exact) mass is 220 g/mol. The predicted octanol–water partition coefficient (Wildman–Crippen LogP) is 2.04. The van der Waals surface area contributed by atoms with E-state index in [2.05, 4.69) is 6.07 Å². The normalized spacial score (nSPS) is 10.4. The number of hydrogen-bond donors (Lipinski definition) is 1. The second-order valence-corrected chi connectivity index (χ2v) is 3.35. The Morgan fingerprint density at radius 1 is 1.19 bits per heavy atom. The van der Waals surface area contributed by atoms with Crippen LogP contribution >= 0.6 is 0 Å². The second-order valence-electron chi connectivity index (χ2n) is 3.35. The fraction of sp³-hybridized carbons (Fsp3) is 0.0833. The Bertz CT molecular complexity index is 549. The van der Waals surface area contributed by atoms with Gasteiger partial charge in [0.05, 0.1) is 6.07 Å². The maximum absolute atomic E-state index is 13.3. The Morgan fingerprint density at radius 2 is 1.88 bits per heavy atom. The van der Waals surface area contributed by atoms with Crippen LogP contribution in [0.1, 0.15) is 11.1 Å². The van der Waals surface area contributed by atoms with Crippen LogP contribution in [0.5, 0.6) is 0 Å². The van der Waals surface area contributed by atoms with Gasteiger partial charge in [0.15, 0.2) is 5.82 Å². The summed E-state index contributed by atoms with van der Waals surface area (Å²) in [6.45, 7) is 0. The molecule has 0 aliphatic heterocycles. The van der Waals surface area contributed by atoms with Gasteiger partial charge in [0, 0.05) is 12.0 Å². The standard InChI is InChI=1S/C12H8F2NO/c13-11-9(7-10(16)15-12(11)14)6-8-4-2-1-3-5-8/h1-5H,6H2,(H,15,16). The molecule has 1 radical (unpaired) electrons. The lowest BCUT2D eigenvalue weighted by Gasteiger charge is -2.02. The average molecular weight is 220 g/mol. The zero-order valence-corrected chi connectivity index (χ0v) is 8.26. The molecule has 1 heterocycles. The van der Waals surface area contributed by atoms with Crippen molar-refractivity contribution in [1.82, 2.24) is 4.98 Å². The van der Waals surface area contributed by atoms with Crippen LogP contribution in [0.4, 0.5) is 8.78 Å². The van der Waals surface area contributed by atoms with Gasteiger partial charge in [0.1, 0.15) is 0 Å². The lowest BCUT2D eigenvalue weighted by Crippen LogP contribution is -2.12. The molecule has 0 aliphatic carbocycles. The average Bonchev–Trinajstić information content (AvgIpc) is 2.27. The number of H-pyrrole nitrogens is 1. The molecular formula is C12H8F2NO. The summed E-state index contributed by atoms with van der Waals surface area (Å²) in [6, 6.07) is 11.2. The number of nitrogens with one attached hydrogen (secondary N) is 1. The summed E-state index contributed by atoms with van der Waals surface area (Å²) in [6.07, 6.45) is 0.146. The molecule has 2 nitrogen and oxygen atoms in total. The number of hydrogen-bond acceptors (Lipinski definition) is 1. The Balaban J connectivity index is 2.39. The molecule has 0 saturated heterocycles. The maximum atomic E-state index is 13.3. The fourth-order valence-corrected chi connectivity index (χ4v) is 1.43. The van der Waals surface area contributed by atoms with Crippen LogP contribution < -0.4 is 5.56 Å². The first kappa shape index (κ1) is 10.5. The maximum Gasteiger partial charge on any atom is 0.258 e. The van der Waals surface area contributed by atoms with Crippen LogP contribution in [0, 0.1) is 17.8 Å². The van der Waals surface area contributed by atoms with Crippen molar-refractivity contribution in [1.29, 1.82) is 0 Å². The highest BCUT2D eigenvalue weighted by atomic mass is 19.2. The van der Waals surface area contributed by atoms with Crippen molar-refractivity contribution < 1.29 is 8.78 Å². The van der Waals surface area contributed by atoms with Gasteiger partial charge >= 0.3 is 0 Å². The minimum absolute atomic E-state index is 0.0625. The molecule has 16 heavy (non-hydrogen) atoms. The van der Waals surface area contributed by atoms with Crippen molar-refractivity contribution in [3.8, 4) is 0 Å². The van der Waals surface area contributed by atoms with E-state index in [0.717, 1.165) is 5.56 Å². The predicted molar refractivity (Wildman–Crippen MR) is 55.1 cm³/mol. The Hall–Kier alpha value is -1.97. The summed E-state index contributed by atoms with van der Waals surface area (Å²) in [5.41, 5.74) is -0.0278. The summed E-state index contributed by atoms with van der Waals surface area (Å²) < 4.78 is 26.2. The number of benzene rings is 1. The Morgan fingerprint density at radius 3 is 2.56 bits per heavy atom. The molecule has 0 bridgehead atoms. The highest BCUT2D eigenvalue weighted by Crippen LogP contribution is 2.12. The largest absolute Gasteiger partial charge is 0.296 e. The lowest BCUT2D eigenvalue weighted by atomic mass is 10.1. The van der Waals surface area contributed by atoms with E-state index >= 15 is 0 Å². The molecule has 1 N–H and O–H groups in total. The van der Waals surface area contributed by atoms with E-state index in [4.69, 9.17) is 0 Å². The summed E-state index contributed by atoms with van der Waals surface area (Å²) >= 11 is 0. The van der Waals surface area contributed by atoms with E-state index in [1.54, 1.807) is 29.2 Å². The van der Waals surface area contributed by atoms with Crippen LogP contribution in [0.3, 0.4) is 0 Å². The highest BCUT2D eigenvalue weighted by molar-refractivity contribution is 5.24. The molecule has 0 atom stereocenters. The van der Waals surface area contributed by atoms with Gasteiger partial charge in [-0.25, -0.2) is 4.39 Å². The van der Waals surface area contributed by atoms with E-state index in [1.807, 2.05) is 6.07 Å². The summed E-state index contributed by atoms with van der Waals surface area (Å²) in [7, 11) is 0. The first-order valence-corrected chi connectivity index (χ1v) is 4.70. The molecule has 0 fully saturated rings. The highest BCUT2D eigenvalue weighted by Gasteiger charge is 2.10. The van der Waals surface area contributed by atoms with Gasteiger partial charge in [-0.05, 0) is 5.56 Å². The van der Waals surface area contributed by atoms with Gasteiger partial charge in [-0.1, -0.05) is 30.3 Å². The molecule has 2 rings (SSSR count). The Kier molecular flexibility index (Phi) is 2.81. The van der Waals surface area contributed by atoms with Gasteiger partial charge in [0.2, 0.25) is 5.95 Å². The van der Waals surface area contributed by atoms with E-state index in [0.29, 0.717) is 0 Å². The first-order valence-electron chi connectivity index (χ1n) is 4.70. The minimum Gasteiger partial charge on any atom is -0.296 e. The molecule has 0 saturated carbocycles. The van der Waals surface area contributed by atoms with Crippen LogP contribution in [0.15, 0.2) is 35.1 Å². The van der Waals surface area contributed by atoms with Crippen molar-refractivity contribution >= 4 is 0 Å². The zero-order chi connectivity index (χ0) is 11.5. The van der Waals surface area contributed by atoms with Crippen LogP contribution in [0.2, 0.25) is 0 Å². The zero-order valence-electron chi connectivity index (χ0n) is 8.26. The molecule has 0 aliphatic rings. The minimum atomic E-state index is -1.24. The van der Waals surface area contributed by atoms with E-state index in [-0.39, 0.29) is 12.0 Å². The lowest BCUT2D eigenvalue weighted by molar-refractivity contribution is 0.469. The molecule has 81 valence electrons. The molecule has 0 spiro atoms. The quantitative estimate of drug-likeness (QED) is 0.772. The molecular weight excluding hydrogens is 212 g/mol. The number of pyridine rings is 1.